The lowest BCUT2D eigenvalue weighted by Crippen LogP contribution is -2.44. The second-order valence-corrected chi connectivity index (χ2v) is 6.89. The van der Waals surface area contributed by atoms with Crippen LogP contribution in [0.3, 0.4) is 0 Å². The first-order valence-electron chi connectivity index (χ1n) is 8.84. The Balaban J connectivity index is 2.07. The van der Waals surface area contributed by atoms with E-state index in [9.17, 15) is 4.79 Å². The van der Waals surface area contributed by atoms with E-state index in [0.717, 1.165) is 6.42 Å². The molecule has 2 aromatic rings. The van der Waals surface area contributed by atoms with Crippen molar-refractivity contribution in [3.63, 3.8) is 0 Å². The van der Waals surface area contributed by atoms with Gasteiger partial charge in [-0.15, -0.1) is 0 Å². The van der Waals surface area contributed by atoms with Crippen molar-refractivity contribution >= 4 is 5.78 Å². The monoisotopic (exact) mass is 306 g/mol. The van der Waals surface area contributed by atoms with E-state index in [1.54, 1.807) is 6.92 Å². The normalized spacial score (nSPS) is 18.3. The molecule has 0 aliphatic heterocycles. The van der Waals surface area contributed by atoms with Crippen LogP contribution in [-0.4, -0.2) is 5.78 Å². The molecule has 1 atom stereocenters. The van der Waals surface area contributed by atoms with Gasteiger partial charge in [-0.3, -0.25) is 4.79 Å². The van der Waals surface area contributed by atoms with Crippen molar-refractivity contribution < 1.29 is 4.79 Å². The van der Waals surface area contributed by atoms with Crippen molar-refractivity contribution in [2.45, 2.75) is 50.9 Å². The smallest absolute Gasteiger partial charge is 0.140 e. The number of hydrogen-bond donors (Lipinski definition) is 0. The number of carbonyl (C=O) groups excluding carboxylic acids is 1. The number of benzene rings is 2. The molecule has 3 rings (SSSR count). The minimum atomic E-state index is -0.372. The largest absolute Gasteiger partial charge is 0.299 e. The maximum Gasteiger partial charge on any atom is 0.140 e. The molecular formula is C22H26O. The molecule has 0 amide bonds. The van der Waals surface area contributed by atoms with Crippen molar-refractivity contribution in [3.8, 4) is 0 Å². The number of ketones is 1. The average Bonchev–Trinajstić information content (AvgIpc) is 2.62. The highest BCUT2D eigenvalue weighted by Gasteiger charge is 2.44. The highest BCUT2D eigenvalue weighted by atomic mass is 16.1. The SMILES string of the molecule is CC(=O)C(Cc1ccccc1)(c1ccccc1)C1CCCCC1. The second-order valence-electron chi connectivity index (χ2n) is 6.89. The molecule has 1 saturated carbocycles. The fourth-order valence-electron chi connectivity index (χ4n) is 4.35. The minimum absolute atomic E-state index is 0.319. The molecule has 23 heavy (non-hydrogen) atoms. The topological polar surface area (TPSA) is 17.1 Å². The molecule has 1 unspecified atom stereocenters. The van der Waals surface area contributed by atoms with Crippen LogP contribution in [0, 0.1) is 5.92 Å². The molecule has 0 aromatic heterocycles. The van der Waals surface area contributed by atoms with Crippen molar-refractivity contribution in [2.75, 3.05) is 0 Å². The quantitative estimate of drug-likeness (QED) is 0.729. The molecule has 1 aliphatic carbocycles. The summed E-state index contributed by atoms with van der Waals surface area (Å²) in [7, 11) is 0. The molecule has 0 spiro atoms. The van der Waals surface area contributed by atoms with Crippen LogP contribution in [0.1, 0.15) is 50.2 Å². The lowest BCUT2D eigenvalue weighted by Gasteiger charge is -2.42. The van der Waals surface area contributed by atoms with Gasteiger partial charge in [0.1, 0.15) is 5.78 Å². The van der Waals surface area contributed by atoms with Gasteiger partial charge in [0.15, 0.2) is 0 Å². The third kappa shape index (κ3) is 3.24. The van der Waals surface area contributed by atoms with E-state index in [0.29, 0.717) is 11.7 Å². The van der Waals surface area contributed by atoms with Gasteiger partial charge in [0.25, 0.3) is 0 Å². The Morgan fingerprint density at radius 2 is 1.48 bits per heavy atom. The van der Waals surface area contributed by atoms with E-state index in [1.807, 2.05) is 12.1 Å². The van der Waals surface area contributed by atoms with Gasteiger partial charge in [-0.05, 0) is 43.2 Å². The van der Waals surface area contributed by atoms with Gasteiger partial charge in [-0.1, -0.05) is 79.9 Å². The van der Waals surface area contributed by atoms with Gasteiger partial charge in [-0.2, -0.15) is 0 Å². The molecule has 0 bridgehead atoms. The summed E-state index contributed by atoms with van der Waals surface area (Å²) < 4.78 is 0. The van der Waals surface area contributed by atoms with E-state index in [-0.39, 0.29) is 5.41 Å². The molecule has 0 heterocycles. The fourth-order valence-corrected chi connectivity index (χ4v) is 4.35. The lowest BCUT2D eigenvalue weighted by molar-refractivity contribution is -0.125. The Labute approximate surface area is 139 Å². The van der Waals surface area contributed by atoms with E-state index >= 15 is 0 Å². The van der Waals surface area contributed by atoms with Gasteiger partial charge in [0.05, 0.1) is 5.41 Å². The van der Waals surface area contributed by atoms with Crippen LogP contribution in [0.5, 0.6) is 0 Å². The number of carbonyl (C=O) groups is 1. The number of hydrogen-bond acceptors (Lipinski definition) is 1. The minimum Gasteiger partial charge on any atom is -0.299 e. The van der Waals surface area contributed by atoms with E-state index in [4.69, 9.17) is 0 Å². The summed E-state index contributed by atoms with van der Waals surface area (Å²) in [6, 6.07) is 21.0. The van der Waals surface area contributed by atoms with Crippen LogP contribution in [0.4, 0.5) is 0 Å². The predicted molar refractivity (Wildman–Crippen MR) is 95.5 cm³/mol. The molecular weight excluding hydrogens is 280 g/mol. The Morgan fingerprint density at radius 3 is 2.04 bits per heavy atom. The summed E-state index contributed by atoms with van der Waals surface area (Å²) >= 11 is 0. The van der Waals surface area contributed by atoms with Crippen molar-refractivity contribution in [1.82, 2.24) is 0 Å². The summed E-state index contributed by atoms with van der Waals surface area (Å²) in [5, 5.41) is 0. The standard InChI is InChI=1S/C22H26O/c1-18(23)22(20-13-7-3-8-14-20,21-15-9-4-10-16-21)17-19-11-5-2-6-12-19/h2-3,5-8,11-14,21H,4,9-10,15-17H2,1H3. The van der Waals surface area contributed by atoms with Crippen LogP contribution < -0.4 is 0 Å². The molecule has 0 radical (unpaired) electrons. The lowest BCUT2D eigenvalue weighted by atomic mass is 9.60. The van der Waals surface area contributed by atoms with Gasteiger partial charge in [0.2, 0.25) is 0 Å². The van der Waals surface area contributed by atoms with Gasteiger partial charge >= 0.3 is 0 Å². The summed E-state index contributed by atoms with van der Waals surface area (Å²) in [6.07, 6.45) is 6.97. The fraction of sp³-hybridized carbons (Fsp3) is 0.409. The highest BCUT2D eigenvalue weighted by Crippen LogP contribution is 2.44. The molecule has 0 N–H and O–H groups in total. The van der Waals surface area contributed by atoms with Crippen LogP contribution in [-0.2, 0) is 16.6 Å². The van der Waals surface area contributed by atoms with Crippen LogP contribution in [0.2, 0.25) is 0 Å². The summed E-state index contributed by atoms with van der Waals surface area (Å²) in [6.45, 7) is 1.80. The Morgan fingerprint density at radius 1 is 0.913 bits per heavy atom. The van der Waals surface area contributed by atoms with E-state index in [2.05, 4.69) is 48.5 Å². The first kappa shape index (κ1) is 16.0. The van der Waals surface area contributed by atoms with Gasteiger partial charge < -0.3 is 0 Å². The van der Waals surface area contributed by atoms with E-state index < -0.39 is 0 Å². The van der Waals surface area contributed by atoms with E-state index in [1.165, 1.54) is 43.2 Å². The van der Waals surface area contributed by atoms with Crippen LogP contribution in [0.15, 0.2) is 60.7 Å². The first-order valence-corrected chi connectivity index (χ1v) is 8.84. The second kappa shape index (κ2) is 7.12. The zero-order valence-electron chi connectivity index (χ0n) is 14.0. The maximum absolute atomic E-state index is 13.0. The number of rotatable bonds is 5. The number of Topliss-reactive ketones (excluding diaryl/α,β-unsaturated/α-hetero) is 1. The zero-order chi connectivity index (χ0) is 16.1. The van der Waals surface area contributed by atoms with Crippen LogP contribution in [0.25, 0.3) is 0 Å². The Hall–Kier alpha value is -1.89. The Bertz CT molecular complexity index is 626. The third-order valence-electron chi connectivity index (χ3n) is 5.55. The summed E-state index contributed by atoms with van der Waals surface area (Å²) in [4.78, 5) is 13.0. The molecule has 0 saturated heterocycles. The van der Waals surface area contributed by atoms with Crippen molar-refractivity contribution in [3.05, 3.63) is 71.8 Å². The maximum atomic E-state index is 13.0. The Kier molecular flexibility index (Phi) is 4.95. The molecule has 120 valence electrons. The zero-order valence-corrected chi connectivity index (χ0v) is 14.0. The molecule has 1 aliphatic rings. The molecule has 1 heteroatoms. The van der Waals surface area contributed by atoms with Crippen molar-refractivity contribution in [1.29, 1.82) is 0 Å². The van der Waals surface area contributed by atoms with Crippen LogP contribution >= 0.6 is 0 Å². The van der Waals surface area contributed by atoms with Gasteiger partial charge in [0, 0.05) is 0 Å². The molecule has 2 aromatic carbocycles. The summed E-state index contributed by atoms with van der Waals surface area (Å²) in [5.74, 6) is 0.774. The first-order chi connectivity index (χ1) is 11.2. The third-order valence-corrected chi connectivity index (χ3v) is 5.55. The molecule has 1 nitrogen and oxygen atoms in total. The predicted octanol–water partition coefficient (Wildman–Crippen LogP) is 5.34. The van der Waals surface area contributed by atoms with Crippen molar-refractivity contribution in [2.24, 2.45) is 5.92 Å². The van der Waals surface area contributed by atoms with Gasteiger partial charge in [-0.25, -0.2) is 0 Å². The average molecular weight is 306 g/mol. The highest BCUT2D eigenvalue weighted by molar-refractivity contribution is 5.89. The summed E-state index contributed by atoms with van der Waals surface area (Å²) in [5.41, 5.74) is 2.09. The molecule has 1 fully saturated rings.